The predicted molar refractivity (Wildman–Crippen MR) is 134 cm³/mol. The Kier molecular flexibility index (Phi) is 8.73. The summed E-state index contributed by atoms with van der Waals surface area (Å²) < 4.78 is 62.9. The average molecular weight is 552 g/mol. The third kappa shape index (κ3) is 6.73. The number of amides is 2. The van der Waals surface area contributed by atoms with E-state index in [0.717, 1.165) is 11.6 Å². The van der Waals surface area contributed by atoms with Gasteiger partial charge in [-0.3, -0.25) is 4.98 Å². The van der Waals surface area contributed by atoms with Crippen LogP contribution in [0.3, 0.4) is 0 Å². The van der Waals surface area contributed by atoms with Crippen molar-refractivity contribution in [3.63, 3.8) is 0 Å². The van der Waals surface area contributed by atoms with Crippen LogP contribution in [-0.2, 0) is 16.7 Å². The Balaban J connectivity index is 1.80. The molecular weight excluding hydrogens is 526 g/mol. The average Bonchev–Trinajstić information content (AvgIpc) is 2.89. The lowest BCUT2D eigenvalue weighted by atomic mass is 9.80. The van der Waals surface area contributed by atoms with E-state index in [0.29, 0.717) is 42.3 Å². The number of ether oxygens (including phenoxy) is 2. The van der Waals surface area contributed by atoms with Crippen LogP contribution in [0, 0.1) is 0 Å². The van der Waals surface area contributed by atoms with Gasteiger partial charge in [-0.05, 0) is 48.2 Å². The Morgan fingerprint density at radius 3 is 2.47 bits per heavy atom. The first kappa shape index (κ1) is 27.7. The van der Waals surface area contributed by atoms with Crippen LogP contribution >= 0.6 is 11.6 Å². The Hall–Kier alpha value is -3.37. The highest BCUT2D eigenvalue weighted by Crippen LogP contribution is 2.36. The number of urea groups is 1. The van der Waals surface area contributed by atoms with Gasteiger partial charge in [-0.1, -0.05) is 54.1 Å². The highest BCUT2D eigenvalue weighted by molar-refractivity contribution is 6.30. The zero-order chi connectivity index (χ0) is 27.2. The van der Waals surface area contributed by atoms with E-state index >= 15 is 0 Å². The molecule has 4 rings (SSSR count). The summed E-state index contributed by atoms with van der Waals surface area (Å²) in [5.74, 6) is -0.495. The summed E-state index contributed by atoms with van der Waals surface area (Å²) in [4.78, 5) is 17.8. The lowest BCUT2D eigenvalue weighted by molar-refractivity contribution is -0.253. The minimum Gasteiger partial charge on any atom is -0.428 e. The lowest BCUT2D eigenvalue weighted by Crippen LogP contribution is -2.55. The molecule has 1 aromatic heterocycles. The van der Waals surface area contributed by atoms with Crippen LogP contribution < -0.4 is 15.4 Å². The van der Waals surface area contributed by atoms with Gasteiger partial charge in [0, 0.05) is 31.9 Å². The summed E-state index contributed by atoms with van der Waals surface area (Å²) in [7, 11) is 0. The number of alkyl halides is 4. The standard InChI is InChI=1S/C27H26ClF4N3O3/c28-20-9-10-23(33-17-20)26(16-18-5-2-1-3-6-18,35-25(36)34-21-11-13-37-14-12-21)19-7-4-8-22(15-19)38-27(31,32)24(29)30/h1-10,15,17,21,24H,11-14,16H2,(H2,34,35,36)/t26-/m1/s1. The largest absolute Gasteiger partial charge is 0.461 e. The monoisotopic (exact) mass is 551 g/mol. The van der Waals surface area contributed by atoms with Crippen LogP contribution in [0.5, 0.6) is 5.75 Å². The van der Waals surface area contributed by atoms with Crippen LogP contribution in [0.4, 0.5) is 22.4 Å². The molecule has 2 heterocycles. The molecule has 0 aliphatic carbocycles. The van der Waals surface area contributed by atoms with Crippen molar-refractivity contribution < 1.29 is 31.8 Å². The molecule has 2 aromatic carbocycles. The molecule has 1 aliphatic rings. The smallest absolute Gasteiger partial charge is 0.428 e. The number of pyridine rings is 1. The molecule has 0 saturated carbocycles. The van der Waals surface area contributed by atoms with Gasteiger partial charge in [-0.2, -0.15) is 17.6 Å². The molecule has 0 radical (unpaired) electrons. The fraction of sp³-hybridized carbons (Fsp3) is 0.333. The first-order valence-corrected chi connectivity index (χ1v) is 12.3. The third-order valence-corrected chi connectivity index (χ3v) is 6.42. The van der Waals surface area contributed by atoms with Crippen LogP contribution in [-0.4, -0.2) is 42.8 Å². The summed E-state index contributed by atoms with van der Waals surface area (Å²) >= 11 is 6.08. The quantitative estimate of drug-likeness (QED) is 0.323. The molecule has 38 heavy (non-hydrogen) atoms. The van der Waals surface area contributed by atoms with E-state index in [9.17, 15) is 22.4 Å². The summed E-state index contributed by atoms with van der Waals surface area (Å²) in [6.45, 7) is 1.02. The SMILES string of the molecule is O=C(NC1CCOCC1)N[C@](Cc1ccccc1)(c1cccc(OC(F)(F)C(F)F)c1)c1ccc(Cl)cn1. The summed E-state index contributed by atoms with van der Waals surface area (Å²) in [5.41, 5.74) is 0.0205. The molecule has 1 saturated heterocycles. The Morgan fingerprint density at radius 2 is 1.82 bits per heavy atom. The fourth-order valence-corrected chi connectivity index (χ4v) is 4.45. The highest BCUT2D eigenvalue weighted by atomic mass is 35.5. The predicted octanol–water partition coefficient (Wildman–Crippen LogP) is 5.94. The van der Waals surface area contributed by atoms with Gasteiger partial charge in [0.1, 0.15) is 11.3 Å². The molecular formula is C27H26ClF4N3O3. The number of benzene rings is 2. The number of nitrogens with one attached hydrogen (secondary N) is 2. The van der Waals surface area contributed by atoms with Gasteiger partial charge in [0.2, 0.25) is 0 Å². The molecule has 0 unspecified atom stereocenters. The molecule has 1 atom stereocenters. The van der Waals surface area contributed by atoms with Gasteiger partial charge < -0.3 is 20.1 Å². The van der Waals surface area contributed by atoms with Crippen molar-refractivity contribution in [2.45, 2.75) is 43.4 Å². The van der Waals surface area contributed by atoms with E-state index < -0.39 is 29.9 Å². The third-order valence-electron chi connectivity index (χ3n) is 6.20. The van der Waals surface area contributed by atoms with Crippen LogP contribution in [0.15, 0.2) is 72.9 Å². The number of carbonyl (C=O) groups is 1. The highest BCUT2D eigenvalue weighted by Gasteiger charge is 2.44. The van der Waals surface area contributed by atoms with Crippen molar-refractivity contribution >= 4 is 17.6 Å². The second-order valence-electron chi connectivity index (χ2n) is 8.91. The number of carbonyl (C=O) groups excluding carboxylic acids is 1. The molecule has 3 aromatic rings. The summed E-state index contributed by atoms with van der Waals surface area (Å²) in [6.07, 6.45) is -5.92. The molecule has 0 bridgehead atoms. The number of aromatic nitrogens is 1. The van der Waals surface area contributed by atoms with Crippen molar-refractivity contribution in [1.29, 1.82) is 0 Å². The minimum atomic E-state index is -4.70. The number of hydrogen-bond donors (Lipinski definition) is 2. The normalized spacial score (nSPS) is 16.1. The fourth-order valence-electron chi connectivity index (χ4n) is 4.34. The van der Waals surface area contributed by atoms with Gasteiger partial charge in [-0.25, -0.2) is 4.79 Å². The lowest BCUT2D eigenvalue weighted by Gasteiger charge is -2.36. The van der Waals surface area contributed by atoms with E-state index in [1.807, 2.05) is 30.3 Å². The molecule has 11 heteroatoms. The van der Waals surface area contributed by atoms with Crippen molar-refractivity contribution in [1.82, 2.24) is 15.6 Å². The van der Waals surface area contributed by atoms with E-state index in [-0.39, 0.29) is 12.5 Å². The minimum absolute atomic E-state index is 0.129. The first-order chi connectivity index (χ1) is 18.2. The van der Waals surface area contributed by atoms with Gasteiger partial charge >= 0.3 is 18.6 Å². The first-order valence-electron chi connectivity index (χ1n) is 12.0. The number of nitrogens with zero attached hydrogens (tertiary/aromatic N) is 1. The Labute approximate surface area is 222 Å². The second kappa shape index (κ2) is 12.0. The number of halogens is 5. The Morgan fingerprint density at radius 1 is 1.08 bits per heavy atom. The van der Waals surface area contributed by atoms with E-state index in [1.54, 1.807) is 18.2 Å². The van der Waals surface area contributed by atoms with Gasteiger partial charge in [0.25, 0.3) is 0 Å². The van der Waals surface area contributed by atoms with E-state index in [2.05, 4.69) is 20.4 Å². The summed E-state index contributed by atoms with van der Waals surface area (Å²) in [5, 5.41) is 6.30. The van der Waals surface area contributed by atoms with Gasteiger partial charge in [0.05, 0.1) is 10.7 Å². The molecule has 1 fully saturated rings. The number of hydrogen-bond acceptors (Lipinski definition) is 4. The molecule has 0 spiro atoms. The van der Waals surface area contributed by atoms with Gasteiger partial charge in [-0.15, -0.1) is 0 Å². The van der Waals surface area contributed by atoms with Crippen molar-refractivity contribution in [3.05, 3.63) is 94.8 Å². The molecule has 1 aliphatic heterocycles. The van der Waals surface area contributed by atoms with Crippen LogP contribution in [0.1, 0.15) is 29.7 Å². The molecule has 202 valence electrons. The van der Waals surface area contributed by atoms with Crippen molar-refractivity contribution in [3.8, 4) is 5.75 Å². The zero-order valence-electron chi connectivity index (χ0n) is 20.2. The van der Waals surface area contributed by atoms with E-state index in [4.69, 9.17) is 16.3 Å². The molecule has 6 nitrogen and oxygen atoms in total. The summed E-state index contributed by atoms with van der Waals surface area (Å²) in [6, 6.07) is 17.0. The van der Waals surface area contributed by atoms with Crippen LogP contribution in [0.25, 0.3) is 0 Å². The second-order valence-corrected chi connectivity index (χ2v) is 9.34. The maximum Gasteiger partial charge on any atom is 0.461 e. The molecule has 2 amide bonds. The maximum absolute atomic E-state index is 13.8. The van der Waals surface area contributed by atoms with Crippen LogP contribution in [0.2, 0.25) is 5.02 Å². The van der Waals surface area contributed by atoms with E-state index in [1.165, 1.54) is 18.3 Å². The Bertz CT molecular complexity index is 1210. The van der Waals surface area contributed by atoms with Gasteiger partial charge in [0.15, 0.2) is 0 Å². The van der Waals surface area contributed by atoms with Crippen molar-refractivity contribution in [2.75, 3.05) is 13.2 Å². The maximum atomic E-state index is 13.8. The molecule has 2 N–H and O–H groups in total. The van der Waals surface area contributed by atoms with Crippen molar-refractivity contribution in [2.24, 2.45) is 0 Å². The topological polar surface area (TPSA) is 72.5 Å². The zero-order valence-corrected chi connectivity index (χ0v) is 20.9. The number of rotatable bonds is 9.